The second kappa shape index (κ2) is 4.60. The molecular weight excluding hydrogens is 164 g/mol. The van der Waals surface area contributed by atoms with Crippen LogP contribution in [0, 0.1) is 0 Å². The van der Waals surface area contributed by atoms with Crippen LogP contribution in [0.2, 0.25) is 25.2 Å². The van der Waals surface area contributed by atoms with Crippen LogP contribution in [0.3, 0.4) is 0 Å². The van der Waals surface area contributed by atoms with Crippen molar-refractivity contribution in [3.05, 3.63) is 11.6 Å². The third-order valence-corrected chi connectivity index (χ3v) is 4.62. The predicted molar refractivity (Wildman–Crippen MR) is 57.2 cm³/mol. The number of aldehydes is 1. The molecule has 0 radical (unpaired) electrons. The molecule has 0 aromatic heterocycles. The van der Waals surface area contributed by atoms with Crippen LogP contribution in [0.4, 0.5) is 0 Å². The molecule has 1 unspecified atom stereocenters. The van der Waals surface area contributed by atoms with Crippen molar-refractivity contribution in [3.8, 4) is 0 Å². The number of allylic oxidation sites excluding steroid dienone is 2. The summed E-state index contributed by atoms with van der Waals surface area (Å²) < 4.78 is 0. The maximum atomic E-state index is 10.4. The fourth-order valence-corrected chi connectivity index (χ4v) is 2.81. The zero-order valence-corrected chi connectivity index (χ0v) is 9.85. The molecule has 0 aromatic rings. The van der Waals surface area contributed by atoms with E-state index in [1.54, 1.807) is 0 Å². The van der Waals surface area contributed by atoms with E-state index in [1.165, 1.54) is 5.57 Å². The van der Waals surface area contributed by atoms with Gasteiger partial charge in [-0.25, -0.2) is 0 Å². The van der Waals surface area contributed by atoms with Gasteiger partial charge in [-0.1, -0.05) is 31.3 Å². The quantitative estimate of drug-likeness (QED) is 0.372. The Labute approximate surface area is 76.9 Å². The maximum Gasteiger partial charge on any atom is 0.120 e. The highest BCUT2D eigenvalue weighted by molar-refractivity contribution is 6.78. The van der Waals surface area contributed by atoms with Crippen molar-refractivity contribution >= 4 is 14.4 Å². The molecule has 0 aromatic carbocycles. The minimum Gasteiger partial charge on any atom is -0.303 e. The van der Waals surface area contributed by atoms with Gasteiger partial charge in [-0.05, 0) is 19.4 Å². The van der Waals surface area contributed by atoms with Crippen LogP contribution >= 0.6 is 0 Å². The van der Waals surface area contributed by atoms with Crippen LogP contribution in [0.5, 0.6) is 0 Å². The highest BCUT2D eigenvalue weighted by Crippen LogP contribution is 2.26. The van der Waals surface area contributed by atoms with E-state index in [-0.39, 0.29) is 0 Å². The number of carbonyl (C=O) groups excluding carboxylic acids is 1. The van der Waals surface area contributed by atoms with Crippen molar-refractivity contribution in [3.63, 3.8) is 0 Å². The topological polar surface area (TPSA) is 17.1 Å². The SMILES string of the molecule is CC(C)=CC(CC=O)[Si](C)(C)C. The first-order chi connectivity index (χ1) is 5.38. The van der Waals surface area contributed by atoms with E-state index in [0.717, 1.165) is 6.29 Å². The summed E-state index contributed by atoms with van der Waals surface area (Å²) >= 11 is 0. The molecule has 0 aliphatic rings. The third kappa shape index (κ3) is 4.49. The molecule has 0 heterocycles. The molecule has 0 bridgehead atoms. The van der Waals surface area contributed by atoms with E-state index >= 15 is 0 Å². The molecule has 0 saturated carbocycles. The standard InChI is InChI=1S/C10H20OSi/c1-9(2)8-10(6-7-11)12(3,4)5/h7-8,10H,6H2,1-5H3. The number of hydrogen-bond acceptors (Lipinski definition) is 1. The monoisotopic (exact) mass is 184 g/mol. The summed E-state index contributed by atoms with van der Waals surface area (Å²) in [5.74, 6) is 0. The van der Waals surface area contributed by atoms with Gasteiger partial charge in [-0.15, -0.1) is 0 Å². The van der Waals surface area contributed by atoms with Crippen LogP contribution in [0.25, 0.3) is 0 Å². The van der Waals surface area contributed by atoms with E-state index in [9.17, 15) is 4.79 Å². The Morgan fingerprint density at radius 2 is 1.83 bits per heavy atom. The van der Waals surface area contributed by atoms with Crippen molar-refractivity contribution in [1.82, 2.24) is 0 Å². The highest BCUT2D eigenvalue weighted by atomic mass is 28.3. The lowest BCUT2D eigenvalue weighted by Gasteiger charge is -2.24. The molecule has 0 fully saturated rings. The van der Waals surface area contributed by atoms with E-state index < -0.39 is 8.07 Å². The maximum absolute atomic E-state index is 10.4. The van der Waals surface area contributed by atoms with Crippen LogP contribution in [-0.2, 0) is 4.79 Å². The van der Waals surface area contributed by atoms with Crippen molar-refractivity contribution in [2.24, 2.45) is 0 Å². The van der Waals surface area contributed by atoms with Gasteiger partial charge in [0.15, 0.2) is 0 Å². The number of carbonyl (C=O) groups is 1. The summed E-state index contributed by atoms with van der Waals surface area (Å²) in [7, 11) is -1.18. The van der Waals surface area contributed by atoms with Crippen molar-refractivity contribution in [2.45, 2.75) is 45.5 Å². The first kappa shape index (κ1) is 11.6. The lowest BCUT2D eigenvalue weighted by atomic mass is 10.2. The zero-order valence-electron chi connectivity index (χ0n) is 8.85. The summed E-state index contributed by atoms with van der Waals surface area (Å²) in [5.41, 5.74) is 1.84. The van der Waals surface area contributed by atoms with Gasteiger partial charge in [0.25, 0.3) is 0 Å². The molecule has 0 amide bonds. The molecule has 0 aliphatic heterocycles. The molecule has 0 aliphatic carbocycles. The van der Waals surface area contributed by atoms with Gasteiger partial charge >= 0.3 is 0 Å². The Balaban J connectivity index is 4.44. The van der Waals surface area contributed by atoms with Gasteiger partial charge in [-0.2, -0.15) is 0 Å². The van der Waals surface area contributed by atoms with Gasteiger partial charge in [0, 0.05) is 6.42 Å². The van der Waals surface area contributed by atoms with E-state index in [2.05, 4.69) is 39.6 Å². The average molecular weight is 184 g/mol. The van der Waals surface area contributed by atoms with Crippen LogP contribution in [-0.4, -0.2) is 14.4 Å². The molecule has 0 saturated heterocycles. The minimum absolute atomic E-state index is 0.514. The van der Waals surface area contributed by atoms with Gasteiger partial charge < -0.3 is 4.79 Å². The summed E-state index contributed by atoms with van der Waals surface area (Å²) in [6.07, 6.45) is 3.99. The summed E-state index contributed by atoms with van der Waals surface area (Å²) in [6.45, 7) is 11.1. The van der Waals surface area contributed by atoms with Crippen molar-refractivity contribution < 1.29 is 4.79 Å². The Morgan fingerprint density at radius 3 is 2.08 bits per heavy atom. The van der Waals surface area contributed by atoms with E-state index in [1.807, 2.05) is 0 Å². The Kier molecular flexibility index (Phi) is 4.46. The molecule has 70 valence electrons. The van der Waals surface area contributed by atoms with Gasteiger partial charge in [-0.3, -0.25) is 0 Å². The molecule has 0 spiro atoms. The predicted octanol–water partition coefficient (Wildman–Crippen LogP) is 3.25. The van der Waals surface area contributed by atoms with Crippen LogP contribution < -0.4 is 0 Å². The lowest BCUT2D eigenvalue weighted by molar-refractivity contribution is -0.107. The first-order valence-corrected chi connectivity index (χ1v) is 8.04. The average Bonchev–Trinajstić information content (AvgIpc) is 1.83. The van der Waals surface area contributed by atoms with Crippen molar-refractivity contribution in [2.75, 3.05) is 0 Å². The Hall–Kier alpha value is -0.373. The second-order valence-electron chi connectivity index (χ2n) is 4.62. The van der Waals surface area contributed by atoms with Crippen LogP contribution in [0.15, 0.2) is 11.6 Å². The smallest absolute Gasteiger partial charge is 0.120 e. The Morgan fingerprint density at radius 1 is 1.33 bits per heavy atom. The fraction of sp³-hybridized carbons (Fsp3) is 0.700. The largest absolute Gasteiger partial charge is 0.303 e. The molecule has 2 heteroatoms. The minimum atomic E-state index is -1.18. The lowest BCUT2D eigenvalue weighted by Crippen LogP contribution is -2.27. The van der Waals surface area contributed by atoms with Gasteiger partial charge in [0.2, 0.25) is 0 Å². The van der Waals surface area contributed by atoms with Gasteiger partial charge in [0.1, 0.15) is 6.29 Å². The summed E-state index contributed by atoms with van der Waals surface area (Å²) in [4.78, 5) is 10.4. The Bertz CT molecular complexity index is 173. The zero-order chi connectivity index (χ0) is 9.78. The fourth-order valence-electron chi connectivity index (χ4n) is 1.18. The normalized spacial score (nSPS) is 13.8. The number of rotatable bonds is 4. The highest BCUT2D eigenvalue weighted by Gasteiger charge is 2.23. The first-order valence-electron chi connectivity index (χ1n) is 4.46. The second-order valence-corrected chi connectivity index (χ2v) is 10.1. The van der Waals surface area contributed by atoms with Crippen molar-refractivity contribution in [1.29, 1.82) is 0 Å². The third-order valence-electron chi connectivity index (χ3n) is 2.00. The molecule has 1 atom stereocenters. The summed E-state index contributed by atoms with van der Waals surface area (Å²) in [5, 5.41) is 0. The molecule has 0 N–H and O–H groups in total. The molecule has 12 heavy (non-hydrogen) atoms. The van der Waals surface area contributed by atoms with E-state index in [0.29, 0.717) is 12.0 Å². The number of hydrogen-bond donors (Lipinski definition) is 0. The van der Waals surface area contributed by atoms with Gasteiger partial charge in [0.05, 0.1) is 8.07 Å². The van der Waals surface area contributed by atoms with Crippen LogP contribution in [0.1, 0.15) is 20.3 Å². The molecule has 0 rings (SSSR count). The van der Waals surface area contributed by atoms with E-state index in [4.69, 9.17) is 0 Å². The summed E-state index contributed by atoms with van der Waals surface area (Å²) in [6, 6.07) is 0. The molecular formula is C10H20OSi. The molecule has 1 nitrogen and oxygen atoms in total.